The van der Waals surface area contributed by atoms with Gasteiger partial charge in [0.1, 0.15) is 17.0 Å². The second-order valence-corrected chi connectivity index (χ2v) is 7.94. The Morgan fingerprint density at radius 2 is 1.56 bits per heavy atom. The first-order chi connectivity index (χ1) is 12.6. The molecule has 0 atom stereocenters. The Morgan fingerprint density at radius 1 is 0.963 bits per heavy atom. The Hall–Kier alpha value is -2.39. The normalized spacial score (nSPS) is 11.9. The molecule has 3 nitrogen and oxygen atoms in total. The minimum atomic E-state index is -0.871. The lowest BCUT2D eigenvalue weighted by atomic mass is 9.98. The van der Waals surface area contributed by atoms with E-state index in [0.717, 1.165) is 16.9 Å². The van der Waals surface area contributed by atoms with E-state index in [4.69, 9.17) is 9.47 Å². The van der Waals surface area contributed by atoms with E-state index in [1.165, 1.54) is 0 Å². The fraction of sp³-hybridized carbons (Fsp3) is 0.375. The van der Waals surface area contributed by atoms with Crippen molar-refractivity contribution >= 4 is 5.78 Å². The minimum absolute atomic E-state index is 0.0735. The highest BCUT2D eigenvalue weighted by atomic mass is 16.5. The van der Waals surface area contributed by atoms with Gasteiger partial charge in [0.05, 0.1) is 6.61 Å². The minimum Gasteiger partial charge on any atom is -0.487 e. The molecular weight excluding hydrogens is 336 g/mol. The summed E-state index contributed by atoms with van der Waals surface area (Å²) in [6.07, 6.45) is 0.656. The maximum Gasteiger partial charge on any atom is 0.189 e. The molecule has 0 aliphatic heterocycles. The molecule has 2 aromatic rings. The van der Waals surface area contributed by atoms with Gasteiger partial charge in [-0.1, -0.05) is 55.1 Å². The number of ketones is 1. The molecule has 0 N–H and O–H groups in total. The zero-order chi connectivity index (χ0) is 20.1. The zero-order valence-corrected chi connectivity index (χ0v) is 17.0. The van der Waals surface area contributed by atoms with Crippen molar-refractivity contribution in [1.82, 2.24) is 0 Å². The lowest BCUT2D eigenvalue weighted by molar-refractivity contribution is -0.137. The predicted octanol–water partition coefficient (Wildman–Crippen LogP) is 5.84. The standard InChI is InChI=1S/C24H30O3/c1-18(2)22(25)24(5,6)26-17-16-23(3,4)27-21-15-11-10-14-20(21)19-12-8-7-9-13-19/h7-15H,1,16-17H2,2-6H3. The first kappa shape index (κ1) is 20.9. The van der Waals surface area contributed by atoms with Crippen molar-refractivity contribution in [2.75, 3.05) is 6.61 Å². The Labute approximate surface area is 163 Å². The maximum absolute atomic E-state index is 12.2. The molecule has 0 aliphatic carbocycles. The molecule has 0 unspecified atom stereocenters. The first-order valence-electron chi connectivity index (χ1n) is 9.30. The fourth-order valence-corrected chi connectivity index (χ4v) is 2.89. The summed E-state index contributed by atoms with van der Waals surface area (Å²) in [6.45, 7) is 13.5. The zero-order valence-electron chi connectivity index (χ0n) is 17.0. The number of benzene rings is 2. The summed E-state index contributed by atoms with van der Waals surface area (Å²) >= 11 is 0. The Bertz CT molecular complexity index is 788. The third-order valence-electron chi connectivity index (χ3n) is 4.46. The second-order valence-electron chi connectivity index (χ2n) is 7.94. The molecule has 2 aromatic carbocycles. The van der Waals surface area contributed by atoms with Gasteiger partial charge in [-0.2, -0.15) is 0 Å². The van der Waals surface area contributed by atoms with Crippen LogP contribution in [0, 0.1) is 0 Å². The smallest absolute Gasteiger partial charge is 0.189 e. The number of ether oxygens (including phenoxy) is 2. The number of Topliss-reactive ketones (excluding diaryl/α,β-unsaturated/α-hetero) is 1. The predicted molar refractivity (Wildman–Crippen MR) is 111 cm³/mol. The summed E-state index contributed by atoms with van der Waals surface area (Å²) < 4.78 is 12.2. The summed E-state index contributed by atoms with van der Waals surface area (Å²) in [6, 6.07) is 18.2. The van der Waals surface area contributed by atoms with Crippen LogP contribution in [0.2, 0.25) is 0 Å². The molecule has 0 amide bonds. The van der Waals surface area contributed by atoms with Crippen molar-refractivity contribution in [1.29, 1.82) is 0 Å². The lowest BCUT2D eigenvalue weighted by Gasteiger charge is -2.30. The Morgan fingerprint density at radius 3 is 2.19 bits per heavy atom. The van der Waals surface area contributed by atoms with Gasteiger partial charge in [0, 0.05) is 12.0 Å². The average molecular weight is 367 g/mol. The molecule has 3 heteroatoms. The van der Waals surface area contributed by atoms with E-state index in [1.807, 2.05) is 50.2 Å². The molecule has 0 saturated carbocycles. The number of para-hydroxylation sites is 1. The topological polar surface area (TPSA) is 35.5 Å². The van der Waals surface area contributed by atoms with Crippen molar-refractivity contribution in [3.8, 4) is 16.9 Å². The highest BCUT2D eigenvalue weighted by molar-refractivity contribution is 6.00. The van der Waals surface area contributed by atoms with Crippen LogP contribution >= 0.6 is 0 Å². The van der Waals surface area contributed by atoms with E-state index in [9.17, 15) is 4.79 Å². The molecule has 0 spiro atoms. The van der Waals surface area contributed by atoms with Crippen molar-refractivity contribution < 1.29 is 14.3 Å². The highest BCUT2D eigenvalue weighted by Crippen LogP contribution is 2.33. The monoisotopic (exact) mass is 366 g/mol. The van der Waals surface area contributed by atoms with Gasteiger partial charge in [0.2, 0.25) is 0 Å². The molecule has 0 bridgehead atoms. The molecule has 2 rings (SSSR count). The first-order valence-corrected chi connectivity index (χ1v) is 9.30. The van der Waals surface area contributed by atoms with Crippen LogP contribution in [0.5, 0.6) is 5.75 Å². The number of hydrogen-bond donors (Lipinski definition) is 0. The summed E-state index contributed by atoms with van der Waals surface area (Å²) in [7, 11) is 0. The SMILES string of the molecule is C=C(C)C(=O)C(C)(C)OCCC(C)(C)Oc1ccccc1-c1ccccc1. The van der Waals surface area contributed by atoms with Gasteiger partial charge in [-0.3, -0.25) is 4.79 Å². The van der Waals surface area contributed by atoms with Crippen LogP contribution < -0.4 is 4.74 Å². The molecule has 0 aromatic heterocycles. The third-order valence-corrected chi connectivity index (χ3v) is 4.46. The molecular formula is C24H30O3. The summed E-state index contributed by atoms with van der Waals surface area (Å²) in [4.78, 5) is 12.2. The van der Waals surface area contributed by atoms with Crippen LogP contribution in [-0.4, -0.2) is 23.6 Å². The number of hydrogen-bond acceptors (Lipinski definition) is 3. The van der Waals surface area contributed by atoms with Gasteiger partial charge >= 0.3 is 0 Å². The quantitative estimate of drug-likeness (QED) is 0.523. The van der Waals surface area contributed by atoms with Gasteiger partial charge in [0.25, 0.3) is 0 Å². The Kier molecular flexibility index (Phi) is 6.61. The third kappa shape index (κ3) is 5.80. The lowest BCUT2D eigenvalue weighted by Crippen LogP contribution is -2.38. The summed E-state index contributed by atoms with van der Waals surface area (Å²) in [5.74, 6) is 0.765. The van der Waals surface area contributed by atoms with Crippen LogP contribution in [0.3, 0.4) is 0 Å². The van der Waals surface area contributed by atoms with E-state index < -0.39 is 11.2 Å². The number of carbonyl (C=O) groups is 1. The van der Waals surface area contributed by atoms with Gasteiger partial charge in [0.15, 0.2) is 5.78 Å². The summed E-state index contributed by atoms with van der Waals surface area (Å²) in [5.41, 5.74) is 1.38. The Balaban J connectivity index is 2.05. The van der Waals surface area contributed by atoms with Gasteiger partial charge in [-0.15, -0.1) is 0 Å². The highest BCUT2D eigenvalue weighted by Gasteiger charge is 2.30. The van der Waals surface area contributed by atoms with Crippen LogP contribution in [-0.2, 0) is 9.53 Å². The largest absolute Gasteiger partial charge is 0.487 e. The molecule has 0 radical (unpaired) electrons. The van der Waals surface area contributed by atoms with Crippen LogP contribution in [0.25, 0.3) is 11.1 Å². The maximum atomic E-state index is 12.2. The molecule has 0 heterocycles. The fourth-order valence-electron chi connectivity index (χ4n) is 2.89. The van der Waals surface area contributed by atoms with Gasteiger partial charge in [-0.25, -0.2) is 0 Å². The van der Waals surface area contributed by atoms with E-state index in [0.29, 0.717) is 18.6 Å². The van der Waals surface area contributed by atoms with Crippen LogP contribution in [0.15, 0.2) is 66.7 Å². The average Bonchev–Trinajstić information content (AvgIpc) is 2.61. The van der Waals surface area contributed by atoms with E-state index >= 15 is 0 Å². The van der Waals surface area contributed by atoms with E-state index in [1.54, 1.807) is 20.8 Å². The van der Waals surface area contributed by atoms with Crippen LogP contribution in [0.4, 0.5) is 0 Å². The van der Waals surface area contributed by atoms with E-state index in [2.05, 4.69) is 24.8 Å². The van der Waals surface area contributed by atoms with Crippen molar-refractivity contribution in [3.63, 3.8) is 0 Å². The summed E-state index contributed by atoms with van der Waals surface area (Å²) in [5, 5.41) is 0. The number of rotatable bonds is 9. The van der Waals surface area contributed by atoms with E-state index in [-0.39, 0.29) is 5.78 Å². The number of carbonyl (C=O) groups excluding carboxylic acids is 1. The molecule has 144 valence electrons. The second kappa shape index (κ2) is 8.53. The van der Waals surface area contributed by atoms with Crippen LogP contribution in [0.1, 0.15) is 41.0 Å². The van der Waals surface area contributed by atoms with Gasteiger partial charge in [-0.05, 0) is 51.8 Å². The van der Waals surface area contributed by atoms with Crippen molar-refractivity contribution in [2.24, 2.45) is 0 Å². The molecule has 0 saturated heterocycles. The van der Waals surface area contributed by atoms with Crippen molar-refractivity contribution in [2.45, 2.75) is 52.2 Å². The molecule has 27 heavy (non-hydrogen) atoms. The molecule has 0 fully saturated rings. The van der Waals surface area contributed by atoms with Gasteiger partial charge < -0.3 is 9.47 Å². The molecule has 0 aliphatic rings. The van der Waals surface area contributed by atoms with Crippen molar-refractivity contribution in [3.05, 3.63) is 66.7 Å².